The van der Waals surface area contributed by atoms with Crippen LogP contribution >= 0.6 is 0 Å². The van der Waals surface area contributed by atoms with Crippen LogP contribution < -0.4 is 5.32 Å². The number of rotatable bonds is 3. The van der Waals surface area contributed by atoms with Crippen LogP contribution in [0.15, 0.2) is 0 Å². The zero-order chi connectivity index (χ0) is 12.4. The maximum Gasteiger partial charge on any atom is 0.401 e. The molecule has 0 aromatic carbocycles. The highest BCUT2D eigenvalue weighted by molar-refractivity contribution is 4.90. The van der Waals surface area contributed by atoms with Crippen molar-refractivity contribution in [2.24, 2.45) is 5.41 Å². The fourth-order valence-corrected chi connectivity index (χ4v) is 2.01. The third-order valence-corrected chi connectivity index (χ3v) is 3.31. The molecule has 1 aliphatic carbocycles. The zero-order valence-corrected chi connectivity index (χ0v) is 9.82. The Morgan fingerprint density at radius 2 is 1.62 bits per heavy atom. The predicted molar refractivity (Wildman–Crippen MR) is 56.1 cm³/mol. The fraction of sp³-hybridized carbons (Fsp3) is 1.00. The second-order valence-electron chi connectivity index (χ2n) is 5.61. The topological polar surface area (TPSA) is 32.3 Å². The number of nitrogens with one attached hydrogen (secondary N) is 1. The van der Waals surface area contributed by atoms with Gasteiger partial charge in [0.05, 0.1) is 12.1 Å². The van der Waals surface area contributed by atoms with Gasteiger partial charge in [-0.25, -0.2) is 0 Å². The molecule has 2 N–H and O–H groups in total. The summed E-state index contributed by atoms with van der Waals surface area (Å²) < 4.78 is 35.7. The maximum absolute atomic E-state index is 11.9. The Kier molecular flexibility index (Phi) is 3.90. The molecule has 1 aliphatic rings. The van der Waals surface area contributed by atoms with Gasteiger partial charge in [-0.15, -0.1) is 0 Å². The van der Waals surface area contributed by atoms with Gasteiger partial charge in [0.15, 0.2) is 0 Å². The van der Waals surface area contributed by atoms with Crippen molar-refractivity contribution in [3.8, 4) is 0 Å². The molecular weight excluding hydrogens is 219 g/mol. The summed E-state index contributed by atoms with van der Waals surface area (Å²) in [6, 6.07) is 0. The molecular formula is C11H20F3NO. The van der Waals surface area contributed by atoms with Crippen molar-refractivity contribution in [3.63, 3.8) is 0 Å². The highest BCUT2D eigenvalue weighted by Gasteiger charge is 2.37. The zero-order valence-electron chi connectivity index (χ0n) is 9.82. The summed E-state index contributed by atoms with van der Waals surface area (Å²) in [4.78, 5) is 0. The van der Waals surface area contributed by atoms with Gasteiger partial charge >= 0.3 is 6.18 Å². The average molecular weight is 239 g/mol. The summed E-state index contributed by atoms with van der Waals surface area (Å²) in [5.41, 5.74) is -0.753. The minimum absolute atomic E-state index is 0.0303. The van der Waals surface area contributed by atoms with E-state index in [4.69, 9.17) is 0 Å². The van der Waals surface area contributed by atoms with E-state index < -0.39 is 18.3 Å². The third-order valence-electron chi connectivity index (χ3n) is 3.31. The second kappa shape index (κ2) is 4.53. The molecule has 0 atom stereocenters. The minimum Gasteiger partial charge on any atom is -0.389 e. The Morgan fingerprint density at radius 1 is 1.12 bits per heavy atom. The van der Waals surface area contributed by atoms with Gasteiger partial charge in [0.1, 0.15) is 0 Å². The highest BCUT2D eigenvalue weighted by Crippen LogP contribution is 2.39. The molecule has 1 saturated carbocycles. The van der Waals surface area contributed by atoms with E-state index in [2.05, 4.69) is 19.2 Å². The van der Waals surface area contributed by atoms with Crippen LogP contribution in [0.3, 0.4) is 0 Å². The van der Waals surface area contributed by atoms with Crippen molar-refractivity contribution < 1.29 is 18.3 Å². The van der Waals surface area contributed by atoms with Gasteiger partial charge in [-0.3, -0.25) is 0 Å². The van der Waals surface area contributed by atoms with Crippen LogP contribution in [0.5, 0.6) is 0 Å². The molecule has 1 fully saturated rings. The average Bonchev–Trinajstić information content (AvgIpc) is 2.09. The van der Waals surface area contributed by atoms with E-state index in [-0.39, 0.29) is 12.0 Å². The van der Waals surface area contributed by atoms with E-state index in [9.17, 15) is 18.3 Å². The quantitative estimate of drug-likeness (QED) is 0.793. The van der Waals surface area contributed by atoms with E-state index >= 15 is 0 Å². The van der Waals surface area contributed by atoms with Crippen molar-refractivity contribution in [1.29, 1.82) is 0 Å². The van der Waals surface area contributed by atoms with Crippen molar-refractivity contribution in [3.05, 3.63) is 0 Å². The van der Waals surface area contributed by atoms with Crippen LogP contribution in [0.2, 0.25) is 0 Å². The Balaban J connectivity index is 2.32. The Hall–Kier alpha value is -0.290. The van der Waals surface area contributed by atoms with E-state index in [0.717, 1.165) is 12.8 Å². The van der Waals surface area contributed by atoms with Crippen molar-refractivity contribution in [2.45, 2.75) is 51.3 Å². The van der Waals surface area contributed by atoms with E-state index in [1.165, 1.54) is 0 Å². The molecule has 0 heterocycles. The highest BCUT2D eigenvalue weighted by atomic mass is 19.4. The molecule has 0 aromatic rings. The molecule has 0 bridgehead atoms. The molecule has 96 valence electrons. The molecule has 5 heteroatoms. The fourth-order valence-electron chi connectivity index (χ4n) is 2.01. The number of alkyl halides is 3. The SMILES string of the molecule is CC1(C)CCC(O)(CNCC(F)(F)F)CC1. The molecule has 0 aromatic heterocycles. The minimum atomic E-state index is -4.20. The van der Waals surface area contributed by atoms with Crippen LogP contribution in [0.25, 0.3) is 0 Å². The first-order valence-electron chi connectivity index (χ1n) is 5.62. The largest absolute Gasteiger partial charge is 0.401 e. The molecule has 1 rings (SSSR count). The maximum atomic E-state index is 11.9. The monoisotopic (exact) mass is 239 g/mol. The molecule has 2 nitrogen and oxygen atoms in total. The number of aliphatic hydroxyl groups is 1. The number of halogens is 3. The molecule has 0 amide bonds. The van der Waals surface area contributed by atoms with Crippen LogP contribution in [0, 0.1) is 5.41 Å². The van der Waals surface area contributed by atoms with Crippen LogP contribution in [-0.4, -0.2) is 30.0 Å². The normalized spacial score (nSPS) is 24.4. The predicted octanol–water partition coefficient (Wildman–Crippen LogP) is 2.47. The van der Waals surface area contributed by atoms with Gasteiger partial charge in [-0.1, -0.05) is 13.8 Å². The summed E-state index contributed by atoms with van der Waals surface area (Å²) in [5.74, 6) is 0. The lowest BCUT2D eigenvalue weighted by atomic mass is 9.71. The van der Waals surface area contributed by atoms with Gasteiger partial charge in [-0.05, 0) is 31.1 Å². The molecule has 0 saturated heterocycles. The van der Waals surface area contributed by atoms with Gasteiger partial charge in [0.2, 0.25) is 0 Å². The summed E-state index contributed by atoms with van der Waals surface area (Å²) >= 11 is 0. The lowest BCUT2D eigenvalue weighted by Gasteiger charge is -2.40. The second-order valence-corrected chi connectivity index (χ2v) is 5.61. The summed E-state index contributed by atoms with van der Waals surface area (Å²) in [6.07, 6.45) is -1.34. The van der Waals surface area contributed by atoms with Gasteiger partial charge in [0, 0.05) is 6.54 Å². The third kappa shape index (κ3) is 4.70. The first-order valence-corrected chi connectivity index (χ1v) is 5.62. The van der Waals surface area contributed by atoms with E-state index in [1.807, 2.05) is 0 Å². The van der Waals surface area contributed by atoms with Crippen molar-refractivity contribution in [1.82, 2.24) is 5.32 Å². The van der Waals surface area contributed by atoms with Crippen LogP contribution in [-0.2, 0) is 0 Å². The first kappa shape index (κ1) is 13.8. The van der Waals surface area contributed by atoms with Gasteiger partial charge in [0.25, 0.3) is 0 Å². The van der Waals surface area contributed by atoms with Crippen molar-refractivity contribution in [2.75, 3.05) is 13.1 Å². The van der Waals surface area contributed by atoms with E-state index in [1.54, 1.807) is 0 Å². The van der Waals surface area contributed by atoms with Crippen molar-refractivity contribution >= 4 is 0 Å². The smallest absolute Gasteiger partial charge is 0.389 e. The molecule has 0 radical (unpaired) electrons. The molecule has 0 aliphatic heterocycles. The Bertz CT molecular complexity index is 228. The Morgan fingerprint density at radius 3 is 2.06 bits per heavy atom. The summed E-state index contributed by atoms with van der Waals surface area (Å²) in [6.45, 7) is 3.24. The first-order chi connectivity index (χ1) is 7.12. The van der Waals surface area contributed by atoms with Crippen LogP contribution in [0.1, 0.15) is 39.5 Å². The van der Waals surface area contributed by atoms with E-state index in [0.29, 0.717) is 12.8 Å². The summed E-state index contributed by atoms with van der Waals surface area (Å²) in [7, 11) is 0. The number of hydrogen-bond acceptors (Lipinski definition) is 2. The summed E-state index contributed by atoms with van der Waals surface area (Å²) in [5, 5.41) is 12.4. The molecule has 0 unspecified atom stereocenters. The van der Waals surface area contributed by atoms with Crippen LogP contribution in [0.4, 0.5) is 13.2 Å². The number of hydrogen-bond donors (Lipinski definition) is 2. The lowest BCUT2D eigenvalue weighted by molar-refractivity contribution is -0.128. The van der Waals surface area contributed by atoms with Gasteiger partial charge < -0.3 is 10.4 Å². The Labute approximate surface area is 94.2 Å². The molecule has 0 spiro atoms. The lowest BCUT2D eigenvalue weighted by Crippen LogP contribution is -2.46. The standard InChI is InChI=1S/C11H20F3NO/c1-9(2)3-5-10(16,6-4-9)7-15-8-11(12,13)14/h15-16H,3-8H2,1-2H3. The molecule has 16 heavy (non-hydrogen) atoms. The van der Waals surface area contributed by atoms with Gasteiger partial charge in [-0.2, -0.15) is 13.2 Å².